The van der Waals surface area contributed by atoms with Crippen molar-refractivity contribution in [3.05, 3.63) is 229 Å². The van der Waals surface area contributed by atoms with Crippen molar-refractivity contribution in [3.63, 3.8) is 0 Å². The molecule has 4 heterocycles. The molecule has 0 amide bonds. The second-order valence-corrected chi connectivity index (χ2v) is 16.4. The maximum absolute atomic E-state index is 7.00. The minimum atomic E-state index is -0.0866. The fraction of sp³-hybridized carbons (Fsp3) is 0.0345. The summed E-state index contributed by atoms with van der Waals surface area (Å²) in [6.07, 6.45) is 0.714. The maximum Gasteiger partial charge on any atom is 0.156 e. The third-order valence-corrected chi connectivity index (χ3v) is 12.8. The standard InChI is InChI=1S/C58H38N4O/c1-5-17-37(18-6-1)40-33-47(58-59-48(38-19-7-2-8-20-38)36-49(60-58)39-21-9-3-10-22-39)55-46-30-29-42(35-53(46)63-54(55)34-40)61-51-28-16-14-26-45(51)56-52(61)32-31-44-43-25-13-15-27-50(43)62(57(44)56)41-23-11-4-12-24-41/h1-35,48H,36H2. The van der Waals surface area contributed by atoms with Gasteiger partial charge >= 0.3 is 0 Å². The van der Waals surface area contributed by atoms with E-state index in [1.54, 1.807) is 0 Å². The molecule has 1 aliphatic heterocycles. The van der Waals surface area contributed by atoms with Crippen LogP contribution in [-0.2, 0) is 0 Å². The zero-order valence-electron chi connectivity index (χ0n) is 34.2. The monoisotopic (exact) mass is 806 g/mol. The Kier molecular flexibility index (Phi) is 7.97. The Labute approximate surface area is 363 Å². The Morgan fingerprint density at radius 1 is 0.429 bits per heavy atom. The predicted molar refractivity (Wildman–Crippen MR) is 261 cm³/mol. The summed E-state index contributed by atoms with van der Waals surface area (Å²) < 4.78 is 11.8. The van der Waals surface area contributed by atoms with Crippen LogP contribution in [0.1, 0.15) is 29.2 Å². The molecule has 9 aromatic carbocycles. The second kappa shape index (κ2) is 14.2. The van der Waals surface area contributed by atoms with Crippen LogP contribution < -0.4 is 0 Å². The first kappa shape index (κ1) is 35.5. The Morgan fingerprint density at radius 3 is 1.83 bits per heavy atom. The average Bonchev–Trinajstić information content (AvgIpc) is 4.02. The first-order valence-corrected chi connectivity index (χ1v) is 21.6. The molecule has 296 valence electrons. The molecule has 0 spiro atoms. The number of hydrogen-bond acceptors (Lipinski definition) is 3. The molecule has 0 bridgehead atoms. The number of hydrogen-bond donors (Lipinski definition) is 0. The lowest BCUT2D eigenvalue weighted by Crippen LogP contribution is -2.17. The smallest absolute Gasteiger partial charge is 0.156 e. The molecule has 0 saturated carbocycles. The molecule has 13 rings (SSSR count). The van der Waals surface area contributed by atoms with Crippen molar-refractivity contribution in [1.29, 1.82) is 0 Å². The van der Waals surface area contributed by atoms with E-state index in [4.69, 9.17) is 14.4 Å². The van der Waals surface area contributed by atoms with Crippen LogP contribution in [0.4, 0.5) is 0 Å². The van der Waals surface area contributed by atoms with Crippen LogP contribution in [0.3, 0.4) is 0 Å². The highest BCUT2D eigenvalue weighted by atomic mass is 16.3. The van der Waals surface area contributed by atoms with Gasteiger partial charge in [0.25, 0.3) is 0 Å². The molecular formula is C58H38N4O. The largest absolute Gasteiger partial charge is 0.456 e. The topological polar surface area (TPSA) is 47.7 Å². The van der Waals surface area contributed by atoms with Crippen LogP contribution in [0, 0.1) is 0 Å². The summed E-state index contributed by atoms with van der Waals surface area (Å²) >= 11 is 0. The number of aliphatic imine (C=N–C) groups is 2. The molecule has 0 radical (unpaired) electrons. The lowest BCUT2D eigenvalue weighted by atomic mass is 9.94. The van der Waals surface area contributed by atoms with Gasteiger partial charge in [-0.25, -0.2) is 4.99 Å². The third kappa shape index (κ3) is 5.63. The number of rotatable bonds is 6. The Bertz CT molecular complexity index is 3800. The summed E-state index contributed by atoms with van der Waals surface area (Å²) in [6.45, 7) is 0. The van der Waals surface area contributed by atoms with Crippen molar-refractivity contribution in [1.82, 2.24) is 9.13 Å². The van der Waals surface area contributed by atoms with Crippen LogP contribution in [0.25, 0.3) is 88.1 Å². The number of fused-ring (bicyclic) bond motifs is 10. The summed E-state index contributed by atoms with van der Waals surface area (Å²) in [5.74, 6) is 0.712. The Balaban J connectivity index is 1.06. The Hall–Kier alpha value is -8.28. The molecule has 63 heavy (non-hydrogen) atoms. The van der Waals surface area contributed by atoms with Crippen LogP contribution in [0.15, 0.2) is 227 Å². The highest BCUT2D eigenvalue weighted by Gasteiger charge is 2.26. The zero-order valence-corrected chi connectivity index (χ0v) is 34.2. The molecule has 0 N–H and O–H groups in total. The van der Waals surface area contributed by atoms with E-state index in [0.29, 0.717) is 12.3 Å². The van der Waals surface area contributed by atoms with Gasteiger partial charge in [-0.05, 0) is 76.9 Å². The molecule has 1 unspecified atom stereocenters. The number of benzene rings is 9. The molecule has 1 aliphatic rings. The number of nitrogens with zero attached hydrogens (tertiary/aromatic N) is 4. The molecule has 0 aliphatic carbocycles. The van der Waals surface area contributed by atoms with Gasteiger partial charge in [0.15, 0.2) is 5.84 Å². The average molecular weight is 807 g/mol. The van der Waals surface area contributed by atoms with Gasteiger partial charge in [0, 0.05) is 61.7 Å². The first-order valence-electron chi connectivity index (χ1n) is 21.6. The minimum Gasteiger partial charge on any atom is -0.456 e. The van der Waals surface area contributed by atoms with Gasteiger partial charge in [0.2, 0.25) is 0 Å². The fourth-order valence-corrected chi connectivity index (χ4v) is 10.0. The van der Waals surface area contributed by atoms with Gasteiger partial charge in [0.05, 0.1) is 33.8 Å². The molecule has 5 heteroatoms. The van der Waals surface area contributed by atoms with Crippen molar-refractivity contribution in [3.8, 4) is 22.5 Å². The van der Waals surface area contributed by atoms with Gasteiger partial charge in [-0.2, -0.15) is 0 Å². The second-order valence-electron chi connectivity index (χ2n) is 16.4. The number of furan rings is 1. The predicted octanol–water partition coefficient (Wildman–Crippen LogP) is 14.8. The fourth-order valence-electron chi connectivity index (χ4n) is 10.0. The maximum atomic E-state index is 7.00. The Morgan fingerprint density at radius 2 is 1.06 bits per heavy atom. The van der Waals surface area contributed by atoms with E-state index >= 15 is 0 Å². The SMILES string of the molecule is c1ccc(C2=NC(c3cc(-c4ccccc4)cc4oc5cc(-n6c7ccccc7c7c6ccc6c8ccccc8n(-c8ccccc8)c67)ccc5c34)=NC(c3ccccc3)C2)cc1. The quantitative estimate of drug-likeness (QED) is 0.165. The number of para-hydroxylation sites is 3. The molecule has 0 saturated heterocycles. The molecule has 12 aromatic rings. The highest BCUT2D eigenvalue weighted by Crippen LogP contribution is 2.44. The van der Waals surface area contributed by atoms with Gasteiger partial charge in [-0.15, -0.1) is 0 Å². The van der Waals surface area contributed by atoms with Crippen LogP contribution in [-0.4, -0.2) is 20.7 Å². The zero-order chi connectivity index (χ0) is 41.4. The summed E-state index contributed by atoms with van der Waals surface area (Å²) in [4.78, 5) is 10.8. The summed E-state index contributed by atoms with van der Waals surface area (Å²) in [5.41, 5.74) is 14.9. The van der Waals surface area contributed by atoms with Crippen LogP contribution in [0.2, 0.25) is 0 Å². The molecular weight excluding hydrogens is 769 g/mol. The van der Waals surface area contributed by atoms with Gasteiger partial charge < -0.3 is 13.6 Å². The summed E-state index contributed by atoms with van der Waals surface area (Å²) in [7, 11) is 0. The molecule has 5 nitrogen and oxygen atoms in total. The molecule has 1 atom stereocenters. The minimum absolute atomic E-state index is 0.0866. The van der Waals surface area contributed by atoms with E-state index in [-0.39, 0.29) is 6.04 Å². The number of aromatic nitrogens is 2. The first-order chi connectivity index (χ1) is 31.2. The highest BCUT2D eigenvalue weighted by molar-refractivity contribution is 6.27. The van der Waals surface area contributed by atoms with E-state index < -0.39 is 0 Å². The summed E-state index contributed by atoms with van der Waals surface area (Å²) in [6, 6.07) is 75.5. The van der Waals surface area contributed by atoms with E-state index in [1.165, 1.54) is 38.1 Å². The van der Waals surface area contributed by atoms with Crippen molar-refractivity contribution >= 4 is 77.1 Å². The van der Waals surface area contributed by atoms with E-state index in [2.05, 4.69) is 221 Å². The van der Waals surface area contributed by atoms with Crippen molar-refractivity contribution < 1.29 is 4.42 Å². The van der Waals surface area contributed by atoms with Crippen LogP contribution in [0.5, 0.6) is 0 Å². The van der Waals surface area contributed by atoms with E-state index in [0.717, 1.165) is 72.3 Å². The van der Waals surface area contributed by atoms with Crippen molar-refractivity contribution in [2.24, 2.45) is 9.98 Å². The third-order valence-electron chi connectivity index (χ3n) is 12.8. The van der Waals surface area contributed by atoms with E-state index in [1.807, 2.05) is 0 Å². The normalized spacial score (nSPS) is 14.3. The van der Waals surface area contributed by atoms with Crippen LogP contribution >= 0.6 is 0 Å². The van der Waals surface area contributed by atoms with Gasteiger partial charge in [-0.3, -0.25) is 4.99 Å². The number of amidine groups is 1. The van der Waals surface area contributed by atoms with Crippen molar-refractivity contribution in [2.45, 2.75) is 12.5 Å². The van der Waals surface area contributed by atoms with E-state index in [9.17, 15) is 0 Å². The van der Waals surface area contributed by atoms with Crippen molar-refractivity contribution in [2.75, 3.05) is 0 Å². The molecule has 3 aromatic heterocycles. The molecule has 0 fully saturated rings. The van der Waals surface area contributed by atoms with Gasteiger partial charge in [-0.1, -0.05) is 152 Å². The lowest BCUT2D eigenvalue weighted by Gasteiger charge is -2.22. The summed E-state index contributed by atoms with van der Waals surface area (Å²) in [5, 5.41) is 6.93. The lowest BCUT2D eigenvalue weighted by molar-refractivity contribution is 0.668. The van der Waals surface area contributed by atoms with Gasteiger partial charge in [0.1, 0.15) is 11.2 Å².